The van der Waals surface area contributed by atoms with Crippen molar-refractivity contribution in [3.63, 3.8) is 0 Å². The normalized spacial score (nSPS) is 16.3. The number of halogens is 2. The summed E-state index contributed by atoms with van der Waals surface area (Å²) < 4.78 is 31.9. The number of esters is 1. The number of anilines is 1. The zero-order valence-electron chi connectivity index (χ0n) is 12.7. The summed E-state index contributed by atoms with van der Waals surface area (Å²) in [5.74, 6) is -0.180. The van der Waals surface area contributed by atoms with Crippen LogP contribution in [0.3, 0.4) is 0 Å². The first kappa shape index (κ1) is 15.6. The molecule has 3 heterocycles. The molecule has 0 aliphatic carbocycles. The molecule has 124 valence electrons. The highest BCUT2D eigenvalue weighted by Crippen LogP contribution is 2.24. The molecule has 0 spiro atoms. The Hall–Kier alpha value is -2.32. The number of rotatable bonds is 4. The Morgan fingerprint density at radius 2 is 2.09 bits per heavy atom. The van der Waals surface area contributed by atoms with E-state index in [2.05, 4.69) is 15.3 Å². The van der Waals surface area contributed by atoms with E-state index in [0.29, 0.717) is 38.4 Å². The largest absolute Gasteiger partial charge is 0.466 e. The van der Waals surface area contributed by atoms with Crippen LogP contribution in [0.4, 0.5) is 14.6 Å². The molecule has 1 aliphatic rings. The molecule has 0 bridgehead atoms. The third-order valence-electron chi connectivity index (χ3n) is 3.91. The molecule has 0 unspecified atom stereocenters. The Balaban J connectivity index is 1.74. The number of hydrogen-bond donors (Lipinski definition) is 0. The van der Waals surface area contributed by atoms with Crippen molar-refractivity contribution in [1.29, 1.82) is 0 Å². The molecule has 0 radical (unpaired) electrons. The van der Waals surface area contributed by atoms with Crippen LogP contribution in [0.25, 0.3) is 5.65 Å². The predicted molar refractivity (Wildman–Crippen MR) is 77.3 cm³/mol. The topological polar surface area (TPSA) is 72.6 Å². The molecule has 0 saturated carbocycles. The number of piperidine rings is 1. The number of aromatic nitrogens is 4. The molecule has 1 aliphatic heterocycles. The smallest absolute Gasteiger partial charge is 0.309 e. The number of fused-ring (bicyclic) bond motifs is 1. The van der Waals surface area contributed by atoms with Gasteiger partial charge in [-0.2, -0.15) is 4.52 Å². The molecule has 0 amide bonds. The number of carbonyl (C=O) groups excluding carboxylic acids is 1. The molecule has 0 atom stereocenters. The fourth-order valence-corrected chi connectivity index (χ4v) is 2.70. The van der Waals surface area contributed by atoms with Crippen molar-refractivity contribution < 1.29 is 18.3 Å². The SMILES string of the molecule is CCOC(=O)C1CCN(c2ccc3nnc(C(F)F)n3n2)CC1. The summed E-state index contributed by atoms with van der Waals surface area (Å²) in [6.45, 7) is 3.40. The van der Waals surface area contributed by atoms with Crippen LogP contribution >= 0.6 is 0 Å². The second kappa shape index (κ2) is 6.43. The molecule has 2 aromatic heterocycles. The van der Waals surface area contributed by atoms with Crippen molar-refractivity contribution in [1.82, 2.24) is 19.8 Å². The number of ether oxygens (including phenoxy) is 1. The third kappa shape index (κ3) is 3.08. The van der Waals surface area contributed by atoms with Crippen LogP contribution in [0.2, 0.25) is 0 Å². The quantitative estimate of drug-likeness (QED) is 0.799. The summed E-state index contributed by atoms with van der Waals surface area (Å²) in [7, 11) is 0. The molecule has 2 aromatic rings. The lowest BCUT2D eigenvalue weighted by molar-refractivity contribution is -0.148. The van der Waals surface area contributed by atoms with E-state index in [9.17, 15) is 13.6 Å². The second-order valence-electron chi connectivity index (χ2n) is 5.33. The summed E-state index contributed by atoms with van der Waals surface area (Å²) >= 11 is 0. The van der Waals surface area contributed by atoms with Gasteiger partial charge in [0.2, 0.25) is 5.82 Å². The van der Waals surface area contributed by atoms with E-state index in [0.717, 1.165) is 4.52 Å². The van der Waals surface area contributed by atoms with Crippen LogP contribution in [0.5, 0.6) is 0 Å². The summed E-state index contributed by atoms with van der Waals surface area (Å²) in [5, 5.41) is 11.3. The van der Waals surface area contributed by atoms with Gasteiger partial charge in [-0.25, -0.2) is 8.78 Å². The van der Waals surface area contributed by atoms with Gasteiger partial charge in [-0.05, 0) is 31.9 Å². The van der Waals surface area contributed by atoms with E-state index in [1.807, 2.05) is 4.90 Å². The van der Waals surface area contributed by atoms with Crippen LogP contribution in [-0.2, 0) is 9.53 Å². The first-order valence-corrected chi connectivity index (χ1v) is 7.52. The van der Waals surface area contributed by atoms with Crippen LogP contribution in [0, 0.1) is 5.92 Å². The summed E-state index contributed by atoms with van der Waals surface area (Å²) in [5.41, 5.74) is 0.283. The fraction of sp³-hybridized carbons (Fsp3) is 0.571. The van der Waals surface area contributed by atoms with Gasteiger partial charge >= 0.3 is 5.97 Å². The van der Waals surface area contributed by atoms with E-state index in [1.54, 1.807) is 19.1 Å². The van der Waals surface area contributed by atoms with Gasteiger partial charge in [0, 0.05) is 13.1 Å². The van der Waals surface area contributed by atoms with Crippen LogP contribution in [0.15, 0.2) is 12.1 Å². The molecule has 1 saturated heterocycles. The summed E-state index contributed by atoms with van der Waals surface area (Å²) in [6, 6.07) is 3.34. The summed E-state index contributed by atoms with van der Waals surface area (Å²) in [6.07, 6.45) is -1.42. The van der Waals surface area contributed by atoms with Gasteiger partial charge in [0.05, 0.1) is 12.5 Å². The molecule has 23 heavy (non-hydrogen) atoms. The maximum absolute atomic E-state index is 12.9. The van der Waals surface area contributed by atoms with Crippen LogP contribution < -0.4 is 4.90 Å². The van der Waals surface area contributed by atoms with E-state index in [-0.39, 0.29) is 17.5 Å². The van der Waals surface area contributed by atoms with Gasteiger partial charge in [-0.15, -0.1) is 15.3 Å². The Kier molecular flexibility index (Phi) is 4.35. The Labute approximate surface area is 131 Å². The van der Waals surface area contributed by atoms with Crippen molar-refractivity contribution >= 4 is 17.4 Å². The Morgan fingerprint density at radius 3 is 2.74 bits per heavy atom. The van der Waals surface area contributed by atoms with Crippen LogP contribution in [0.1, 0.15) is 32.0 Å². The van der Waals surface area contributed by atoms with Gasteiger partial charge in [0.15, 0.2) is 5.65 Å². The van der Waals surface area contributed by atoms with Gasteiger partial charge in [0.1, 0.15) is 5.82 Å². The van der Waals surface area contributed by atoms with Crippen molar-refractivity contribution in [2.75, 3.05) is 24.6 Å². The average Bonchev–Trinajstić information content (AvgIpc) is 2.98. The van der Waals surface area contributed by atoms with Gasteiger partial charge < -0.3 is 9.64 Å². The molecular formula is C14H17F2N5O2. The minimum Gasteiger partial charge on any atom is -0.466 e. The Bertz CT molecular complexity index is 698. The zero-order chi connectivity index (χ0) is 16.4. The molecular weight excluding hydrogens is 308 g/mol. The van der Waals surface area contributed by atoms with Crippen molar-refractivity contribution in [2.24, 2.45) is 5.92 Å². The highest BCUT2D eigenvalue weighted by molar-refractivity contribution is 5.72. The molecule has 7 nitrogen and oxygen atoms in total. The van der Waals surface area contributed by atoms with E-state index < -0.39 is 12.2 Å². The van der Waals surface area contributed by atoms with Crippen molar-refractivity contribution in [3.05, 3.63) is 18.0 Å². The first-order valence-electron chi connectivity index (χ1n) is 7.52. The maximum atomic E-state index is 12.9. The van der Waals surface area contributed by atoms with Crippen molar-refractivity contribution in [2.45, 2.75) is 26.2 Å². The molecule has 0 N–H and O–H groups in total. The molecule has 9 heteroatoms. The average molecular weight is 325 g/mol. The highest BCUT2D eigenvalue weighted by atomic mass is 19.3. The lowest BCUT2D eigenvalue weighted by atomic mass is 9.97. The predicted octanol–water partition coefficient (Wildman–Crippen LogP) is 1.84. The van der Waals surface area contributed by atoms with Crippen LogP contribution in [-0.4, -0.2) is 45.5 Å². The fourth-order valence-electron chi connectivity index (χ4n) is 2.70. The monoisotopic (exact) mass is 325 g/mol. The Morgan fingerprint density at radius 1 is 1.35 bits per heavy atom. The van der Waals surface area contributed by atoms with Gasteiger partial charge in [0.25, 0.3) is 6.43 Å². The lowest BCUT2D eigenvalue weighted by Gasteiger charge is -2.31. The van der Waals surface area contributed by atoms with Gasteiger partial charge in [-0.3, -0.25) is 4.79 Å². The highest BCUT2D eigenvalue weighted by Gasteiger charge is 2.27. The molecule has 3 rings (SSSR count). The number of carbonyl (C=O) groups is 1. The summed E-state index contributed by atoms with van der Waals surface area (Å²) in [4.78, 5) is 13.7. The maximum Gasteiger partial charge on any atom is 0.309 e. The first-order chi connectivity index (χ1) is 11.1. The minimum atomic E-state index is -2.73. The van der Waals surface area contributed by atoms with Crippen molar-refractivity contribution in [3.8, 4) is 0 Å². The van der Waals surface area contributed by atoms with E-state index in [1.165, 1.54) is 0 Å². The molecule has 0 aromatic carbocycles. The number of nitrogens with zero attached hydrogens (tertiary/aromatic N) is 5. The van der Waals surface area contributed by atoms with Gasteiger partial charge in [-0.1, -0.05) is 0 Å². The van der Waals surface area contributed by atoms with E-state index in [4.69, 9.17) is 4.74 Å². The zero-order valence-corrected chi connectivity index (χ0v) is 12.7. The number of alkyl halides is 2. The lowest BCUT2D eigenvalue weighted by Crippen LogP contribution is -2.37. The minimum absolute atomic E-state index is 0.110. The third-order valence-corrected chi connectivity index (χ3v) is 3.91. The van der Waals surface area contributed by atoms with E-state index >= 15 is 0 Å². The molecule has 1 fully saturated rings. The standard InChI is InChI=1S/C14H17F2N5O2/c1-2-23-14(22)9-5-7-20(8-6-9)11-4-3-10-17-18-13(12(15)16)21(10)19-11/h3-4,9,12H,2,5-8H2,1H3. The number of hydrogen-bond acceptors (Lipinski definition) is 6. The second-order valence-corrected chi connectivity index (χ2v) is 5.33.